The fourth-order valence-corrected chi connectivity index (χ4v) is 13.3. The van der Waals surface area contributed by atoms with Gasteiger partial charge in [0.25, 0.3) is 0 Å². The van der Waals surface area contributed by atoms with Gasteiger partial charge in [-0.25, -0.2) is 9.78 Å². The number of amides is 6. The van der Waals surface area contributed by atoms with Crippen molar-refractivity contribution in [3.63, 3.8) is 0 Å². The standard InChI is InChI=1S/C84H135N9O30/c1-59(94)69(90-54-71(99)84(34-18-35-84)93-77(105)32-26-64-53-85-58-91-64)20-16-17-36-86-72(100)28-22-61(80(110)111)50-66(96)55-121-46-43-118-40-37-87-73(101)29-23-62(81(112)113)51-67(97)56-122-47-44-119-41-38-88-74(102)30-24-63(82(114)115)52-68(98)57-123-48-45-120-42-39-89-75(103)33-27-70(83(116)117)92-76(104)31-25-60(79(108)109)49-65(95)19-14-12-10-8-6-4-2-3-5-7-9-11-13-15-21-78(106)107/h53,58,60-63,69-70,90H,2-52,54-57H2,1H3,(H,85,91)(H,86,100)(H,87,101)(H,88,102)(H,89,103)(H,92,104)(H,93,105)(H,106,107)(H,108,109)(H,110,111)(H,112,113)(H,114,115)(H,116,117)/t60-,61-,62-,63-,69+,70+/m1/s1. The Bertz CT molecular complexity index is 3390. The molecule has 0 bridgehead atoms. The smallest absolute Gasteiger partial charge is 0.326 e. The number of aromatic nitrogens is 2. The number of nitrogens with zero attached hydrogens (tertiary/aromatic N) is 1. The first-order valence-electron chi connectivity index (χ1n) is 43.2. The molecule has 1 aliphatic rings. The molecule has 696 valence electrons. The van der Waals surface area contributed by atoms with Crippen LogP contribution >= 0.6 is 0 Å². The molecule has 2 rings (SSSR count). The maximum Gasteiger partial charge on any atom is 0.326 e. The molecule has 1 saturated carbocycles. The van der Waals surface area contributed by atoms with Gasteiger partial charge in [-0.3, -0.25) is 81.5 Å². The van der Waals surface area contributed by atoms with Crippen molar-refractivity contribution in [2.24, 2.45) is 23.7 Å². The summed E-state index contributed by atoms with van der Waals surface area (Å²) in [5.41, 5.74) is -0.156. The zero-order chi connectivity index (χ0) is 90.8. The number of hydrogen-bond acceptors (Lipinski definition) is 26. The maximum atomic E-state index is 13.2. The number of aryl methyl sites for hydroxylation is 1. The van der Waals surface area contributed by atoms with Crippen molar-refractivity contribution in [3.8, 4) is 0 Å². The lowest BCUT2D eigenvalue weighted by Crippen LogP contribution is -2.61. The number of Topliss-reactive ketones (excluding diaryl/α,β-unsaturated/α-hetero) is 6. The van der Waals surface area contributed by atoms with Gasteiger partial charge in [0.2, 0.25) is 35.4 Å². The molecule has 39 heteroatoms. The van der Waals surface area contributed by atoms with E-state index in [0.717, 1.165) is 69.9 Å². The van der Waals surface area contributed by atoms with Crippen molar-refractivity contribution in [1.82, 2.24) is 47.2 Å². The van der Waals surface area contributed by atoms with Gasteiger partial charge in [-0.05, 0) is 96.8 Å². The quantitative estimate of drug-likeness (QED) is 0.0394. The molecule has 1 fully saturated rings. The maximum absolute atomic E-state index is 13.2. The molecule has 39 nitrogen and oxygen atoms in total. The monoisotopic (exact) mass is 1750 g/mol. The molecule has 1 aromatic heterocycles. The molecule has 6 amide bonds. The molecule has 123 heavy (non-hydrogen) atoms. The zero-order valence-electron chi connectivity index (χ0n) is 71.4. The van der Waals surface area contributed by atoms with Gasteiger partial charge < -0.3 is 101 Å². The third kappa shape index (κ3) is 56.9. The van der Waals surface area contributed by atoms with Gasteiger partial charge in [-0.2, -0.15) is 0 Å². The highest BCUT2D eigenvalue weighted by Crippen LogP contribution is 2.33. The van der Waals surface area contributed by atoms with Gasteiger partial charge >= 0.3 is 35.8 Å². The highest BCUT2D eigenvalue weighted by Gasteiger charge is 2.45. The highest BCUT2D eigenvalue weighted by molar-refractivity contribution is 5.96. The first kappa shape index (κ1) is 110. The van der Waals surface area contributed by atoms with Gasteiger partial charge in [0.05, 0.1) is 108 Å². The number of carboxylic acids is 6. The minimum atomic E-state index is -1.44. The molecule has 1 aromatic rings. The minimum Gasteiger partial charge on any atom is -0.481 e. The van der Waals surface area contributed by atoms with Crippen molar-refractivity contribution in [1.29, 1.82) is 0 Å². The van der Waals surface area contributed by atoms with E-state index in [4.69, 9.17) is 33.5 Å². The lowest BCUT2D eigenvalue weighted by Gasteiger charge is -2.41. The van der Waals surface area contributed by atoms with E-state index in [1.165, 1.54) is 38.9 Å². The fraction of sp³-hybridized carbons (Fsp3) is 0.750. The van der Waals surface area contributed by atoms with Crippen LogP contribution in [0.2, 0.25) is 0 Å². The fourth-order valence-electron chi connectivity index (χ4n) is 13.3. The van der Waals surface area contributed by atoms with Crippen LogP contribution in [0.1, 0.15) is 250 Å². The van der Waals surface area contributed by atoms with Crippen LogP contribution in [-0.2, 0) is 121 Å². The summed E-state index contributed by atoms with van der Waals surface area (Å²) in [5.74, 6) is -16.9. The van der Waals surface area contributed by atoms with E-state index in [9.17, 15) is 112 Å². The van der Waals surface area contributed by atoms with E-state index < -0.39 is 157 Å². The van der Waals surface area contributed by atoms with Crippen molar-refractivity contribution < 1.29 is 145 Å². The molecule has 1 heterocycles. The van der Waals surface area contributed by atoms with E-state index in [0.29, 0.717) is 44.9 Å². The topological polar surface area (TPSA) is 597 Å². The molecule has 14 N–H and O–H groups in total. The van der Waals surface area contributed by atoms with Crippen molar-refractivity contribution in [2.75, 3.05) is 112 Å². The molecule has 0 saturated heterocycles. The van der Waals surface area contributed by atoms with E-state index in [1.807, 2.05) is 0 Å². The van der Waals surface area contributed by atoms with Crippen LogP contribution in [0.5, 0.6) is 0 Å². The summed E-state index contributed by atoms with van der Waals surface area (Å²) in [5, 5.41) is 75.8. The average molecular weight is 1750 g/mol. The number of hydrogen-bond donors (Lipinski definition) is 14. The number of ketones is 6. The number of carbonyl (C=O) groups is 18. The van der Waals surface area contributed by atoms with E-state index in [1.54, 1.807) is 6.20 Å². The largest absolute Gasteiger partial charge is 0.481 e. The van der Waals surface area contributed by atoms with Crippen LogP contribution in [0.15, 0.2) is 12.5 Å². The van der Waals surface area contributed by atoms with Gasteiger partial charge in [0.1, 0.15) is 37.4 Å². The Labute approximate surface area is 718 Å². The number of H-pyrrole nitrogens is 1. The Morgan fingerprint density at radius 2 is 0.756 bits per heavy atom. The predicted octanol–water partition coefficient (Wildman–Crippen LogP) is 4.67. The molecular formula is C84H135N9O30. The Morgan fingerprint density at radius 3 is 1.12 bits per heavy atom. The second kappa shape index (κ2) is 68.0. The molecule has 1 aliphatic carbocycles. The molecular weight excluding hydrogens is 1610 g/mol. The lowest BCUT2D eigenvalue weighted by molar-refractivity contribution is -0.145. The molecule has 0 aromatic carbocycles. The van der Waals surface area contributed by atoms with E-state index in [-0.39, 0.29) is 212 Å². The Hall–Kier alpha value is -9.41. The number of ether oxygens (including phenoxy) is 6. The number of nitrogens with one attached hydrogen (secondary N) is 8. The van der Waals surface area contributed by atoms with Gasteiger partial charge in [0, 0.05) is 115 Å². The zero-order valence-corrected chi connectivity index (χ0v) is 71.4. The van der Waals surface area contributed by atoms with Crippen LogP contribution in [0.4, 0.5) is 0 Å². The molecule has 0 spiro atoms. The summed E-state index contributed by atoms with van der Waals surface area (Å²) in [7, 11) is 0. The number of aliphatic carboxylic acids is 6. The summed E-state index contributed by atoms with van der Waals surface area (Å²) in [6, 6.07) is -2.06. The number of aromatic amines is 1. The molecule has 0 radical (unpaired) electrons. The van der Waals surface area contributed by atoms with Crippen LogP contribution in [-0.4, -0.2) is 276 Å². The molecule has 0 aliphatic heterocycles. The first-order valence-corrected chi connectivity index (χ1v) is 43.2. The number of carboxylic acid groups (broad SMARTS) is 6. The number of imidazole rings is 1. The highest BCUT2D eigenvalue weighted by atomic mass is 16.5. The number of carbonyl (C=O) groups excluding carboxylic acids is 12. The van der Waals surface area contributed by atoms with Crippen LogP contribution in [0.3, 0.4) is 0 Å². The second-order valence-corrected chi connectivity index (χ2v) is 31.0. The van der Waals surface area contributed by atoms with Gasteiger partial charge in [-0.15, -0.1) is 0 Å². The Morgan fingerprint density at radius 1 is 0.382 bits per heavy atom. The summed E-state index contributed by atoms with van der Waals surface area (Å²) in [6.07, 6.45) is 18.3. The lowest BCUT2D eigenvalue weighted by atomic mass is 9.73. The van der Waals surface area contributed by atoms with Crippen molar-refractivity contribution >= 4 is 106 Å². The van der Waals surface area contributed by atoms with E-state index in [2.05, 4.69) is 47.2 Å². The van der Waals surface area contributed by atoms with Gasteiger partial charge in [-0.1, -0.05) is 77.0 Å². The normalized spacial score (nSPS) is 13.6. The predicted molar refractivity (Wildman–Crippen MR) is 440 cm³/mol. The Balaban J connectivity index is 1.46. The first-order chi connectivity index (χ1) is 58.9. The van der Waals surface area contributed by atoms with Crippen molar-refractivity contribution in [3.05, 3.63) is 18.2 Å². The minimum absolute atomic E-state index is 0.000929. The average Bonchev–Trinajstić information content (AvgIpc) is 1.77. The van der Waals surface area contributed by atoms with Crippen LogP contribution in [0.25, 0.3) is 0 Å². The van der Waals surface area contributed by atoms with Crippen molar-refractivity contribution in [2.45, 2.75) is 269 Å². The van der Waals surface area contributed by atoms with Crippen LogP contribution < -0.4 is 37.2 Å². The second-order valence-electron chi connectivity index (χ2n) is 31.0. The third-order valence-corrected chi connectivity index (χ3v) is 20.7. The summed E-state index contributed by atoms with van der Waals surface area (Å²) in [4.78, 5) is 228. The summed E-state index contributed by atoms with van der Waals surface area (Å²) in [6.45, 7) is 0.306. The van der Waals surface area contributed by atoms with Crippen LogP contribution in [0, 0.1) is 23.7 Å². The molecule has 0 unspecified atom stereocenters. The number of rotatable bonds is 84. The number of unbranched alkanes of at least 4 members (excludes halogenated alkanes) is 14. The summed E-state index contributed by atoms with van der Waals surface area (Å²) < 4.78 is 32.1. The molecule has 6 atom stereocenters. The Kier molecular flexibility index (Phi) is 60.6. The SMILES string of the molecule is CC(=O)[C@H](CCCCNC(=O)CC[C@H](CC(=O)COCCOCCNC(=O)CC[C@H](CC(=O)COCCOCCNC(=O)CC[C@H](CC(=O)COCCOCCNC(=O)CC[C@H](NC(=O)CC[C@H](CC(=O)CCCCCCCCCCCCCCCCC(=O)O)C(=O)O)C(=O)O)C(=O)O)C(=O)O)C(=O)O)NCC(=O)C1(NC(=O)CCc2cnc[nH]2)CCC1. The van der Waals surface area contributed by atoms with E-state index >= 15 is 0 Å². The van der Waals surface area contributed by atoms with Gasteiger partial charge in [0.15, 0.2) is 23.1 Å². The summed E-state index contributed by atoms with van der Waals surface area (Å²) >= 11 is 0. The third-order valence-electron chi connectivity index (χ3n) is 20.7.